The Kier molecular flexibility index (Phi) is 3.84. The Hall–Kier alpha value is -2.00. The van der Waals surface area contributed by atoms with E-state index in [-0.39, 0.29) is 30.1 Å². The minimum atomic E-state index is -0.555. The van der Waals surface area contributed by atoms with Gasteiger partial charge in [0.2, 0.25) is 12.7 Å². The van der Waals surface area contributed by atoms with E-state index in [4.69, 9.17) is 9.47 Å². The molecule has 1 atom stereocenters. The smallest absolute Gasteiger partial charge is 0.296 e. The van der Waals surface area contributed by atoms with E-state index in [2.05, 4.69) is 10.6 Å². The number of carbonyl (C=O) groups excluding carboxylic acids is 1. The van der Waals surface area contributed by atoms with Gasteiger partial charge in [0.1, 0.15) is 5.69 Å². The lowest BCUT2D eigenvalue weighted by Gasteiger charge is -2.22. The SMILES string of the molecule is O=C(Nc1cc2c(cc1[N+](=O)[O-])OCO2)C1CSCCN1. The monoisotopic (exact) mass is 311 g/mol. The van der Waals surface area contributed by atoms with E-state index in [0.29, 0.717) is 17.3 Å². The fourth-order valence-corrected chi connectivity index (χ4v) is 3.07. The van der Waals surface area contributed by atoms with Crippen molar-refractivity contribution in [2.24, 2.45) is 0 Å². The maximum atomic E-state index is 12.2. The van der Waals surface area contributed by atoms with Crippen LogP contribution in [0.25, 0.3) is 0 Å². The third-order valence-corrected chi connectivity index (χ3v) is 4.25. The van der Waals surface area contributed by atoms with Crippen LogP contribution >= 0.6 is 11.8 Å². The lowest BCUT2D eigenvalue weighted by Crippen LogP contribution is -2.46. The first-order chi connectivity index (χ1) is 10.1. The van der Waals surface area contributed by atoms with Crippen molar-refractivity contribution in [1.82, 2.24) is 5.32 Å². The average molecular weight is 311 g/mol. The van der Waals surface area contributed by atoms with Gasteiger partial charge in [0.15, 0.2) is 11.5 Å². The summed E-state index contributed by atoms with van der Waals surface area (Å²) in [7, 11) is 0. The molecule has 1 unspecified atom stereocenters. The van der Waals surface area contributed by atoms with Crippen LogP contribution in [0.4, 0.5) is 11.4 Å². The fraction of sp³-hybridized carbons (Fsp3) is 0.417. The predicted octanol–water partition coefficient (Wildman–Crippen LogP) is 0.967. The predicted molar refractivity (Wildman–Crippen MR) is 77.0 cm³/mol. The van der Waals surface area contributed by atoms with Gasteiger partial charge in [-0.3, -0.25) is 14.9 Å². The molecule has 0 bridgehead atoms. The summed E-state index contributed by atoms with van der Waals surface area (Å²) in [6.45, 7) is 0.761. The second-order valence-corrected chi connectivity index (χ2v) is 5.70. The number of rotatable bonds is 3. The number of nitrogens with zero attached hydrogens (tertiary/aromatic N) is 1. The van der Waals surface area contributed by atoms with Crippen LogP contribution in [0.5, 0.6) is 11.5 Å². The molecule has 0 radical (unpaired) electrons. The number of nitro benzene ring substituents is 1. The molecule has 1 saturated heterocycles. The molecular formula is C12H13N3O5S. The van der Waals surface area contributed by atoms with Crippen molar-refractivity contribution in [3.05, 3.63) is 22.2 Å². The van der Waals surface area contributed by atoms with Gasteiger partial charge in [-0.15, -0.1) is 0 Å². The van der Waals surface area contributed by atoms with Crippen LogP contribution in [0.15, 0.2) is 12.1 Å². The number of hydrogen-bond acceptors (Lipinski definition) is 7. The molecule has 112 valence electrons. The number of carbonyl (C=O) groups is 1. The Balaban J connectivity index is 1.83. The van der Waals surface area contributed by atoms with E-state index in [9.17, 15) is 14.9 Å². The van der Waals surface area contributed by atoms with Crippen molar-refractivity contribution in [2.75, 3.05) is 30.2 Å². The quantitative estimate of drug-likeness (QED) is 0.633. The van der Waals surface area contributed by atoms with E-state index in [1.165, 1.54) is 12.1 Å². The minimum Gasteiger partial charge on any atom is -0.454 e. The molecular weight excluding hydrogens is 298 g/mol. The molecule has 0 saturated carbocycles. The number of anilines is 1. The molecule has 1 aromatic carbocycles. The van der Waals surface area contributed by atoms with Crippen molar-refractivity contribution >= 4 is 29.0 Å². The summed E-state index contributed by atoms with van der Waals surface area (Å²) in [6, 6.07) is 2.34. The molecule has 3 rings (SSSR count). The number of nitrogens with one attached hydrogen (secondary N) is 2. The van der Waals surface area contributed by atoms with Crippen LogP contribution in [-0.4, -0.2) is 41.7 Å². The van der Waals surface area contributed by atoms with Crippen LogP contribution < -0.4 is 20.1 Å². The highest BCUT2D eigenvalue weighted by Gasteiger charge is 2.27. The first-order valence-corrected chi connectivity index (χ1v) is 7.50. The first-order valence-electron chi connectivity index (χ1n) is 6.35. The van der Waals surface area contributed by atoms with Crippen LogP contribution in [0.3, 0.4) is 0 Å². The molecule has 0 aliphatic carbocycles. The van der Waals surface area contributed by atoms with Crippen LogP contribution in [0.2, 0.25) is 0 Å². The number of ether oxygens (including phenoxy) is 2. The van der Waals surface area contributed by atoms with Crippen LogP contribution in [0.1, 0.15) is 0 Å². The molecule has 1 fully saturated rings. The first kappa shape index (κ1) is 14.0. The van der Waals surface area contributed by atoms with Gasteiger partial charge in [-0.1, -0.05) is 0 Å². The van der Waals surface area contributed by atoms with Crippen LogP contribution in [-0.2, 0) is 4.79 Å². The molecule has 0 aromatic heterocycles. The number of hydrogen-bond donors (Lipinski definition) is 2. The van der Waals surface area contributed by atoms with Gasteiger partial charge in [0.05, 0.1) is 17.0 Å². The summed E-state index contributed by atoms with van der Waals surface area (Å²) in [6.07, 6.45) is 0. The van der Waals surface area contributed by atoms with E-state index >= 15 is 0 Å². The molecule has 1 amide bonds. The third kappa shape index (κ3) is 2.88. The van der Waals surface area contributed by atoms with E-state index in [1.807, 2.05) is 0 Å². The Labute approximate surface area is 124 Å². The Morgan fingerprint density at radius 1 is 1.43 bits per heavy atom. The number of fused-ring (bicyclic) bond motifs is 1. The third-order valence-electron chi connectivity index (χ3n) is 3.18. The van der Waals surface area contributed by atoms with Gasteiger partial charge in [-0.2, -0.15) is 11.8 Å². The summed E-state index contributed by atoms with van der Waals surface area (Å²) < 4.78 is 10.3. The molecule has 2 N–H and O–H groups in total. The number of benzene rings is 1. The molecule has 2 aliphatic rings. The summed E-state index contributed by atoms with van der Waals surface area (Å²) in [5, 5.41) is 16.8. The second kappa shape index (κ2) is 5.78. The van der Waals surface area contributed by atoms with Gasteiger partial charge >= 0.3 is 0 Å². The zero-order chi connectivity index (χ0) is 14.8. The van der Waals surface area contributed by atoms with Crippen molar-refractivity contribution in [3.63, 3.8) is 0 Å². The number of amides is 1. The molecule has 8 nitrogen and oxygen atoms in total. The molecule has 2 aliphatic heterocycles. The lowest BCUT2D eigenvalue weighted by atomic mass is 10.2. The highest BCUT2D eigenvalue weighted by atomic mass is 32.2. The highest BCUT2D eigenvalue weighted by molar-refractivity contribution is 7.99. The second-order valence-electron chi connectivity index (χ2n) is 4.55. The maximum absolute atomic E-state index is 12.2. The van der Waals surface area contributed by atoms with Crippen molar-refractivity contribution in [1.29, 1.82) is 0 Å². The number of thioether (sulfide) groups is 1. The average Bonchev–Trinajstić information content (AvgIpc) is 2.94. The van der Waals surface area contributed by atoms with Gasteiger partial charge in [-0.05, 0) is 0 Å². The fourth-order valence-electron chi connectivity index (χ4n) is 2.14. The van der Waals surface area contributed by atoms with Gasteiger partial charge in [0, 0.05) is 24.1 Å². The standard InChI is InChI=1S/C12H13N3O5S/c16-12(8-5-21-2-1-13-8)14-7-3-10-11(20-6-19-10)4-9(7)15(17)18/h3-4,8,13H,1-2,5-6H2,(H,14,16). The Morgan fingerprint density at radius 3 is 2.86 bits per heavy atom. The molecule has 1 aromatic rings. The van der Waals surface area contributed by atoms with Crippen molar-refractivity contribution < 1.29 is 19.2 Å². The van der Waals surface area contributed by atoms with Gasteiger partial charge < -0.3 is 20.1 Å². The summed E-state index contributed by atoms with van der Waals surface area (Å²) >= 11 is 1.67. The Bertz CT molecular complexity index is 589. The molecule has 9 heteroatoms. The largest absolute Gasteiger partial charge is 0.454 e. The topological polar surface area (TPSA) is 103 Å². The van der Waals surface area contributed by atoms with E-state index in [1.54, 1.807) is 11.8 Å². The lowest BCUT2D eigenvalue weighted by molar-refractivity contribution is -0.384. The molecule has 21 heavy (non-hydrogen) atoms. The maximum Gasteiger partial charge on any atom is 0.296 e. The van der Waals surface area contributed by atoms with Crippen LogP contribution in [0, 0.1) is 10.1 Å². The number of nitro groups is 1. The zero-order valence-corrected chi connectivity index (χ0v) is 11.8. The summed E-state index contributed by atoms with van der Waals surface area (Å²) in [4.78, 5) is 22.7. The molecule has 2 heterocycles. The zero-order valence-electron chi connectivity index (χ0n) is 11.0. The van der Waals surface area contributed by atoms with E-state index in [0.717, 1.165) is 12.3 Å². The normalized spacial score (nSPS) is 20.1. The summed E-state index contributed by atoms with van der Waals surface area (Å²) in [5.74, 6) is 2.01. The molecule has 0 spiro atoms. The van der Waals surface area contributed by atoms with E-state index < -0.39 is 4.92 Å². The Morgan fingerprint density at radius 2 is 2.19 bits per heavy atom. The van der Waals surface area contributed by atoms with Gasteiger partial charge in [-0.25, -0.2) is 0 Å². The van der Waals surface area contributed by atoms with Crippen molar-refractivity contribution in [2.45, 2.75) is 6.04 Å². The summed E-state index contributed by atoms with van der Waals surface area (Å²) in [5.41, 5.74) is -0.0947. The van der Waals surface area contributed by atoms with Crippen molar-refractivity contribution in [3.8, 4) is 11.5 Å². The minimum absolute atomic E-state index is 0.0186. The highest BCUT2D eigenvalue weighted by Crippen LogP contribution is 2.40. The van der Waals surface area contributed by atoms with Gasteiger partial charge in [0.25, 0.3) is 5.69 Å².